The van der Waals surface area contributed by atoms with Gasteiger partial charge >= 0.3 is 5.97 Å². The summed E-state index contributed by atoms with van der Waals surface area (Å²) in [4.78, 5) is 21.2. The van der Waals surface area contributed by atoms with Crippen molar-refractivity contribution in [2.24, 2.45) is 5.92 Å². The van der Waals surface area contributed by atoms with E-state index in [2.05, 4.69) is 0 Å². The Morgan fingerprint density at radius 2 is 1.71 bits per heavy atom. The Balaban J connectivity index is 0.000000292. The molecule has 0 aromatic heterocycles. The molecular formula is C10H19NO3. The second-order valence-electron chi connectivity index (χ2n) is 3.74. The van der Waals surface area contributed by atoms with Crippen LogP contribution in [-0.2, 0) is 9.59 Å². The summed E-state index contributed by atoms with van der Waals surface area (Å²) in [6, 6.07) is 0. The summed E-state index contributed by atoms with van der Waals surface area (Å²) >= 11 is 0. The normalized spacial score (nSPS) is 16.4. The molecule has 0 aliphatic heterocycles. The van der Waals surface area contributed by atoms with Crippen LogP contribution < -0.4 is 0 Å². The van der Waals surface area contributed by atoms with Crippen LogP contribution in [0.1, 0.15) is 32.1 Å². The van der Waals surface area contributed by atoms with E-state index in [4.69, 9.17) is 5.11 Å². The standard InChI is InChI=1S/C7H12O2.C3H7NO/c8-7(9)6-4-2-1-3-5-6;1-4(2)3-5/h6H,1-5H2,(H,8,9);3H,1-2H3. The molecule has 4 heteroatoms. The first-order chi connectivity index (χ1) is 6.57. The van der Waals surface area contributed by atoms with Crippen molar-refractivity contribution >= 4 is 12.4 Å². The summed E-state index contributed by atoms with van der Waals surface area (Å²) in [7, 11) is 3.38. The lowest BCUT2D eigenvalue weighted by Crippen LogP contribution is -2.16. The van der Waals surface area contributed by atoms with Gasteiger partial charge in [-0.2, -0.15) is 0 Å². The van der Waals surface area contributed by atoms with E-state index < -0.39 is 5.97 Å². The molecule has 82 valence electrons. The third-order valence-corrected chi connectivity index (χ3v) is 2.17. The Hall–Kier alpha value is -1.06. The molecular weight excluding hydrogens is 182 g/mol. The van der Waals surface area contributed by atoms with E-state index in [9.17, 15) is 9.59 Å². The summed E-state index contributed by atoms with van der Waals surface area (Å²) in [5.41, 5.74) is 0. The highest BCUT2D eigenvalue weighted by Crippen LogP contribution is 2.23. The molecule has 0 aromatic rings. The fourth-order valence-electron chi connectivity index (χ4n) is 1.35. The van der Waals surface area contributed by atoms with Gasteiger partial charge in [-0.1, -0.05) is 19.3 Å². The van der Waals surface area contributed by atoms with Crippen LogP contribution in [0.3, 0.4) is 0 Å². The zero-order valence-corrected chi connectivity index (χ0v) is 8.90. The van der Waals surface area contributed by atoms with Gasteiger partial charge in [-0.25, -0.2) is 0 Å². The van der Waals surface area contributed by atoms with Crippen LogP contribution in [0, 0.1) is 5.92 Å². The Morgan fingerprint density at radius 1 is 1.29 bits per heavy atom. The summed E-state index contributed by atoms with van der Waals surface area (Å²) < 4.78 is 0. The predicted octanol–water partition coefficient (Wildman–Crippen LogP) is 1.36. The second kappa shape index (κ2) is 7.35. The highest BCUT2D eigenvalue weighted by atomic mass is 16.4. The second-order valence-corrected chi connectivity index (χ2v) is 3.74. The van der Waals surface area contributed by atoms with Gasteiger partial charge in [-0.05, 0) is 12.8 Å². The van der Waals surface area contributed by atoms with Crippen LogP contribution in [0.25, 0.3) is 0 Å². The molecule has 1 aliphatic rings. The topological polar surface area (TPSA) is 57.6 Å². The number of nitrogens with zero attached hydrogens (tertiary/aromatic N) is 1. The molecule has 1 amide bonds. The molecule has 0 spiro atoms. The minimum absolute atomic E-state index is 0.0289. The molecule has 1 rings (SSSR count). The van der Waals surface area contributed by atoms with Gasteiger partial charge in [0.2, 0.25) is 6.41 Å². The van der Waals surface area contributed by atoms with E-state index in [1.54, 1.807) is 14.1 Å². The van der Waals surface area contributed by atoms with Crippen molar-refractivity contribution in [1.29, 1.82) is 0 Å². The van der Waals surface area contributed by atoms with Crippen molar-refractivity contribution in [3.05, 3.63) is 0 Å². The molecule has 1 aliphatic carbocycles. The quantitative estimate of drug-likeness (QED) is 0.686. The van der Waals surface area contributed by atoms with Crippen LogP contribution in [0.4, 0.5) is 0 Å². The SMILES string of the molecule is CN(C)C=O.O=C(O)C1CCCCC1. The van der Waals surface area contributed by atoms with E-state index in [1.165, 1.54) is 11.3 Å². The van der Waals surface area contributed by atoms with Crippen molar-refractivity contribution in [1.82, 2.24) is 4.90 Å². The van der Waals surface area contributed by atoms with Gasteiger partial charge in [0, 0.05) is 14.1 Å². The zero-order chi connectivity index (χ0) is 11.0. The summed E-state index contributed by atoms with van der Waals surface area (Å²) in [5, 5.41) is 8.54. The number of carbonyl (C=O) groups is 2. The van der Waals surface area contributed by atoms with Gasteiger partial charge in [0.1, 0.15) is 0 Å². The van der Waals surface area contributed by atoms with Gasteiger partial charge in [-0.3, -0.25) is 9.59 Å². The molecule has 4 nitrogen and oxygen atoms in total. The van der Waals surface area contributed by atoms with Crippen molar-refractivity contribution in [3.8, 4) is 0 Å². The number of hydrogen-bond acceptors (Lipinski definition) is 2. The summed E-state index contributed by atoms with van der Waals surface area (Å²) in [5.74, 6) is -0.631. The third-order valence-electron chi connectivity index (χ3n) is 2.17. The molecule has 1 saturated carbocycles. The van der Waals surface area contributed by atoms with E-state index in [0.29, 0.717) is 0 Å². The number of rotatable bonds is 2. The minimum Gasteiger partial charge on any atom is -0.481 e. The average Bonchev–Trinajstić information content (AvgIpc) is 2.20. The molecule has 0 heterocycles. The third kappa shape index (κ3) is 6.46. The van der Waals surface area contributed by atoms with Gasteiger partial charge in [0.25, 0.3) is 0 Å². The van der Waals surface area contributed by atoms with E-state index in [1.807, 2.05) is 0 Å². The predicted molar refractivity (Wildman–Crippen MR) is 54.0 cm³/mol. The first kappa shape index (κ1) is 12.9. The number of carboxylic acid groups (broad SMARTS) is 1. The molecule has 14 heavy (non-hydrogen) atoms. The molecule has 0 aromatic carbocycles. The number of carbonyl (C=O) groups excluding carboxylic acids is 1. The monoisotopic (exact) mass is 201 g/mol. The highest BCUT2D eigenvalue weighted by Gasteiger charge is 2.19. The van der Waals surface area contributed by atoms with Gasteiger partial charge in [-0.15, -0.1) is 0 Å². The minimum atomic E-state index is -0.602. The number of amides is 1. The molecule has 0 bridgehead atoms. The first-order valence-electron chi connectivity index (χ1n) is 4.92. The largest absolute Gasteiger partial charge is 0.481 e. The van der Waals surface area contributed by atoms with Gasteiger partial charge < -0.3 is 10.0 Å². The van der Waals surface area contributed by atoms with Crippen LogP contribution >= 0.6 is 0 Å². The van der Waals surface area contributed by atoms with Crippen molar-refractivity contribution in [3.63, 3.8) is 0 Å². The summed E-state index contributed by atoms with van der Waals surface area (Å²) in [6.45, 7) is 0. The Kier molecular flexibility index (Phi) is 6.80. The lowest BCUT2D eigenvalue weighted by molar-refractivity contribution is -0.142. The van der Waals surface area contributed by atoms with E-state index >= 15 is 0 Å². The maximum Gasteiger partial charge on any atom is 0.306 e. The van der Waals surface area contributed by atoms with Crippen LogP contribution in [0.5, 0.6) is 0 Å². The fraction of sp³-hybridized carbons (Fsp3) is 0.800. The van der Waals surface area contributed by atoms with E-state index in [0.717, 1.165) is 32.1 Å². The van der Waals surface area contributed by atoms with Crippen molar-refractivity contribution in [2.45, 2.75) is 32.1 Å². The summed E-state index contributed by atoms with van der Waals surface area (Å²) in [6.07, 6.45) is 5.99. The molecule has 0 unspecified atom stereocenters. The van der Waals surface area contributed by atoms with Crippen molar-refractivity contribution in [2.75, 3.05) is 14.1 Å². The van der Waals surface area contributed by atoms with Gasteiger partial charge in [0.15, 0.2) is 0 Å². The Morgan fingerprint density at radius 3 is 1.93 bits per heavy atom. The zero-order valence-electron chi connectivity index (χ0n) is 8.90. The molecule has 1 N–H and O–H groups in total. The lowest BCUT2D eigenvalue weighted by atomic mass is 9.90. The van der Waals surface area contributed by atoms with Gasteiger partial charge in [0.05, 0.1) is 5.92 Å². The fourth-order valence-corrected chi connectivity index (χ4v) is 1.35. The number of hydrogen-bond donors (Lipinski definition) is 1. The average molecular weight is 201 g/mol. The van der Waals surface area contributed by atoms with Crippen molar-refractivity contribution < 1.29 is 14.7 Å². The molecule has 1 fully saturated rings. The van der Waals surface area contributed by atoms with E-state index in [-0.39, 0.29) is 5.92 Å². The number of aliphatic carboxylic acids is 1. The maximum atomic E-state index is 10.4. The smallest absolute Gasteiger partial charge is 0.306 e. The maximum absolute atomic E-state index is 10.4. The Labute approximate surface area is 84.9 Å². The van der Waals surface area contributed by atoms with Crippen LogP contribution in [0.15, 0.2) is 0 Å². The first-order valence-corrected chi connectivity index (χ1v) is 4.92. The Bertz CT molecular complexity index is 174. The van der Waals surface area contributed by atoms with Crippen LogP contribution in [-0.4, -0.2) is 36.5 Å². The molecule has 0 saturated heterocycles. The molecule has 0 atom stereocenters. The highest BCUT2D eigenvalue weighted by molar-refractivity contribution is 5.69. The van der Waals surface area contributed by atoms with Crippen LogP contribution in [0.2, 0.25) is 0 Å². The molecule has 0 radical (unpaired) electrons. The lowest BCUT2D eigenvalue weighted by Gasteiger charge is -2.16. The number of carboxylic acids is 1.